The van der Waals surface area contributed by atoms with Gasteiger partial charge >= 0.3 is 5.97 Å². The summed E-state index contributed by atoms with van der Waals surface area (Å²) in [4.78, 5) is 24.3. The summed E-state index contributed by atoms with van der Waals surface area (Å²) in [5.74, 6) is -0.987. The second-order valence-electron chi connectivity index (χ2n) is 7.73. The zero-order chi connectivity index (χ0) is 21.0. The van der Waals surface area contributed by atoms with E-state index < -0.39 is 5.97 Å². The van der Waals surface area contributed by atoms with Crippen LogP contribution in [-0.4, -0.2) is 46.2 Å². The largest absolute Gasteiger partial charge is 0.480 e. The number of hydrogen-bond acceptors (Lipinski definition) is 3. The van der Waals surface area contributed by atoms with Crippen LogP contribution in [0, 0.1) is 0 Å². The van der Waals surface area contributed by atoms with Crippen molar-refractivity contribution in [1.29, 1.82) is 0 Å². The normalized spacial score (nSPS) is 12.4. The average molecular weight is 398 g/mol. The zero-order valence-electron chi connectivity index (χ0n) is 18.2. The molecule has 0 aromatic carbocycles. The van der Waals surface area contributed by atoms with Gasteiger partial charge in [0.05, 0.1) is 6.10 Å². The van der Waals surface area contributed by atoms with E-state index in [9.17, 15) is 14.7 Å². The number of carbonyl (C=O) groups excluding carboxylic acids is 1. The molecule has 28 heavy (non-hydrogen) atoms. The van der Waals surface area contributed by atoms with Gasteiger partial charge < -0.3 is 15.1 Å². The quantitative estimate of drug-likeness (QED) is 0.228. The first-order valence-electron chi connectivity index (χ1n) is 11.3. The molecule has 1 amide bonds. The van der Waals surface area contributed by atoms with Crippen molar-refractivity contribution in [1.82, 2.24) is 4.90 Å². The Hall–Kier alpha value is -1.36. The van der Waals surface area contributed by atoms with Crippen LogP contribution in [0.15, 0.2) is 12.2 Å². The van der Waals surface area contributed by atoms with Crippen LogP contribution < -0.4 is 0 Å². The number of carboxylic acids is 1. The third-order valence-electron chi connectivity index (χ3n) is 4.90. The highest BCUT2D eigenvalue weighted by atomic mass is 16.4. The van der Waals surface area contributed by atoms with Gasteiger partial charge in [-0.3, -0.25) is 9.59 Å². The Morgan fingerprint density at radius 3 is 2.25 bits per heavy atom. The Morgan fingerprint density at radius 2 is 1.57 bits per heavy atom. The van der Waals surface area contributed by atoms with Crippen molar-refractivity contribution in [2.45, 2.75) is 110 Å². The molecule has 1 atom stereocenters. The second kappa shape index (κ2) is 19.0. The number of unbranched alkanes of at least 4 members (excludes halogenated alkanes) is 8. The van der Waals surface area contributed by atoms with Crippen LogP contribution >= 0.6 is 0 Å². The average Bonchev–Trinajstić information content (AvgIpc) is 2.65. The van der Waals surface area contributed by atoms with Crippen LogP contribution in [0.25, 0.3) is 0 Å². The highest BCUT2D eigenvalue weighted by Gasteiger charge is 2.15. The molecule has 0 radical (unpaired) electrons. The van der Waals surface area contributed by atoms with E-state index in [0.717, 1.165) is 64.2 Å². The summed E-state index contributed by atoms with van der Waals surface area (Å²) in [6, 6.07) is 0. The fraction of sp³-hybridized carbons (Fsp3) is 0.826. The molecule has 0 saturated heterocycles. The number of carboxylic acid groups (broad SMARTS) is 1. The summed E-state index contributed by atoms with van der Waals surface area (Å²) < 4.78 is 0. The van der Waals surface area contributed by atoms with Gasteiger partial charge in [-0.05, 0) is 38.5 Å². The first-order valence-corrected chi connectivity index (χ1v) is 11.3. The highest BCUT2D eigenvalue weighted by molar-refractivity contribution is 5.81. The maximum absolute atomic E-state index is 12.1. The maximum atomic E-state index is 12.1. The summed E-state index contributed by atoms with van der Waals surface area (Å²) in [5.41, 5.74) is 0. The molecule has 0 fully saturated rings. The van der Waals surface area contributed by atoms with Crippen LogP contribution in [0.4, 0.5) is 0 Å². The van der Waals surface area contributed by atoms with E-state index in [1.54, 1.807) is 0 Å². The molecule has 0 unspecified atom stereocenters. The molecule has 2 N–H and O–H groups in total. The Morgan fingerprint density at radius 1 is 0.893 bits per heavy atom. The Kier molecular flexibility index (Phi) is 18.1. The fourth-order valence-corrected chi connectivity index (χ4v) is 3.25. The molecule has 5 nitrogen and oxygen atoms in total. The summed E-state index contributed by atoms with van der Waals surface area (Å²) in [7, 11) is 0. The van der Waals surface area contributed by atoms with Gasteiger partial charge in [0, 0.05) is 13.0 Å². The van der Waals surface area contributed by atoms with Gasteiger partial charge in [0.25, 0.3) is 0 Å². The Bertz CT molecular complexity index is 423. The molecular formula is C23H43NO4. The minimum Gasteiger partial charge on any atom is -0.480 e. The van der Waals surface area contributed by atoms with Gasteiger partial charge in [0.2, 0.25) is 5.91 Å². The summed E-state index contributed by atoms with van der Waals surface area (Å²) >= 11 is 0. The highest BCUT2D eigenvalue weighted by Crippen LogP contribution is 2.11. The molecule has 0 bridgehead atoms. The molecule has 0 aliphatic carbocycles. The van der Waals surface area contributed by atoms with Crippen LogP contribution in [0.2, 0.25) is 0 Å². The molecule has 0 saturated carbocycles. The summed E-state index contributed by atoms with van der Waals surface area (Å²) in [6.45, 7) is 4.48. The zero-order valence-corrected chi connectivity index (χ0v) is 18.2. The van der Waals surface area contributed by atoms with Gasteiger partial charge in [-0.25, -0.2) is 0 Å². The Labute approximate surface area is 172 Å². The van der Waals surface area contributed by atoms with Crippen LogP contribution in [0.5, 0.6) is 0 Å². The number of aliphatic carboxylic acids is 1. The number of hydrogen-bond donors (Lipinski definition) is 2. The molecule has 0 spiro atoms. The second-order valence-corrected chi connectivity index (χ2v) is 7.73. The third kappa shape index (κ3) is 16.8. The molecular weight excluding hydrogens is 354 g/mol. The monoisotopic (exact) mass is 397 g/mol. The van der Waals surface area contributed by atoms with Gasteiger partial charge in [-0.15, -0.1) is 0 Å². The standard InChI is InChI=1S/C23H43NO4/c1-3-5-6-13-16-21(25)17-14-11-9-7-8-10-12-15-18-22(26)24(19-4-2)20-23(27)28/h11,14,21,25H,3-10,12-13,15-20H2,1-2H3,(H,27,28)/b14-11-/t21-/m1/s1. The van der Waals surface area contributed by atoms with Gasteiger partial charge in [0.15, 0.2) is 0 Å². The van der Waals surface area contributed by atoms with Gasteiger partial charge in [-0.1, -0.05) is 70.9 Å². The van der Waals surface area contributed by atoms with E-state index in [2.05, 4.69) is 19.1 Å². The van der Waals surface area contributed by atoms with E-state index in [1.165, 1.54) is 24.2 Å². The van der Waals surface area contributed by atoms with Crippen LogP contribution in [0.1, 0.15) is 104 Å². The van der Waals surface area contributed by atoms with Crippen molar-refractivity contribution >= 4 is 11.9 Å². The van der Waals surface area contributed by atoms with Crippen molar-refractivity contribution in [3.63, 3.8) is 0 Å². The predicted octanol–water partition coefficient (Wildman–Crippen LogP) is 5.32. The van der Waals surface area contributed by atoms with Gasteiger partial charge in [-0.2, -0.15) is 0 Å². The minimum atomic E-state index is -0.945. The SMILES string of the molecule is CCCCCC[C@@H](O)C/C=C\CCCCCCCC(=O)N(CCC)CC(=O)O. The predicted molar refractivity (Wildman–Crippen MR) is 115 cm³/mol. The van der Waals surface area contributed by atoms with Crippen molar-refractivity contribution in [2.24, 2.45) is 0 Å². The molecule has 0 aromatic heterocycles. The van der Waals surface area contributed by atoms with E-state index in [4.69, 9.17) is 5.11 Å². The molecule has 0 heterocycles. The van der Waals surface area contributed by atoms with E-state index in [1.807, 2.05) is 6.92 Å². The number of aliphatic hydroxyl groups excluding tert-OH is 1. The van der Waals surface area contributed by atoms with Crippen molar-refractivity contribution < 1.29 is 19.8 Å². The minimum absolute atomic E-state index is 0.0413. The fourth-order valence-electron chi connectivity index (χ4n) is 3.25. The van der Waals surface area contributed by atoms with E-state index >= 15 is 0 Å². The molecule has 0 aromatic rings. The maximum Gasteiger partial charge on any atom is 0.323 e. The lowest BCUT2D eigenvalue weighted by Crippen LogP contribution is -2.36. The Balaban J connectivity index is 3.60. The molecule has 0 rings (SSSR count). The lowest BCUT2D eigenvalue weighted by Gasteiger charge is -2.19. The van der Waals surface area contributed by atoms with Crippen molar-refractivity contribution in [3.8, 4) is 0 Å². The summed E-state index contributed by atoms with van der Waals surface area (Å²) in [6.07, 6.45) is 18.1. The first kappa shape index (κ1) is 26.6. The van der Waals surface area contributed by atoms with Crippen molar-refractivity contribution in [2.75, 3.05) is 13.1 Å². The number of carbonyl (C=O) groups is 2. The van der Waals surface area contributed by atoms with Crippen LogP contribution in [-0.2, 0) is 9.59 Å². The van der Waals surface area contributed by atoms with E-state index in [0.29, 0.717) is 13.0 Å². The lowest BCUT2D eigenvalue weighted by atomic mass is 10.1. The van der Waals surface area contributed by atoms with Crippen molar-refractivity contribution in [3.05, 3.63) is 12.2 Å². The number of allylic oxidation sites excluding steroid dienone is 1. The van der Waals surface area contributed by atoms with Gasteiger partial charge in [0.1, 0.15) is 6.54 Å². The number of amides is 1. The molecule has 5 heteroatoms. The molecule has 164 valence electrons. The smallest absolute Gasteiger partial charge is 0.323 e. The lowest BCUT2D eigenvalue weighted by molar-refractivity contribution is -0.144. The van der Waals surface area contributed by atoms with E-state index in [-0.39, 0.29) is 18.6 Å². The number of nitrogens with zero attached hydrogens (tertiary/aromatic N) is 1. The number of rotatable bonds is 19. The first-order chi connectivity index (χ1) is 13.5. The number of aliphatic hydroxyl groups is 1. The third-order valence-corrected chi connectivity index (χ3v) is 4.90. The summed E-state index contributed by atoms with van der Waals surface area (Å²) in [5, 5.41) is 18.8. The molecule has 0 aliphatic heterocycles. The topological polar surface area (TPSA) is 77.8 Å². The molecule has 0 aliphatic rings. The van der Waals surface area contributed by atoms with Crippen LogP contribution in [0.3, 0.4) is 0 Å².